The van der Waals surface area contributed by atoms with Crippen LogP contribution < -0.4 is 5.32 Å². The fraction of sp³-hybridized carbons (Fsp3) is 0.267. The lowest BCUT2D eigenvalue weighted by Gasteiger charge is -2.17. The Morgan fingerprint density at radius 3 is 2.56 bits per heavy atom. The molecule has 18 heavy (non-hydrogen) atoms. The number of thioether (sulfide) groups is 1. The normalized spacial score (nSPS) is 12.3. The molecule has 0 bridgehead atoms. The first-order chi connectivity index (χ1) is 8.90. The number of benzene rings is 1. The zero-order valence-electron chi connectivity index (χ0n) is 10.5. The molecule has 2 nitrogen and oxygen atoms in total. The van der Waals surface area contributed by atoms with E-state index < -0.39 is 0 Å². The van der Waals surface area contributed by atoms with E-state index in [1.807, 2.05) is 18.3 Å². The van der Waals surface area contributed by atoms with E-state index in [9.17, 15) is 0 Å². The molecule has 1 atom stereocenters. The first kappa shape index (κ1) is 13.1. The van der Waals surface area contributed by atoms with Crippen LogP contribution in [-0.4, -0.2) is 17.3 Å². The van der Waals surface area contributed by atoms with E-state index in [1.54, 1.807) is 11.8 Å². The summed E-state index contributed by atoms with van der Waals surface area (Å²) in [6, 6.07) is 17.0. The minimum Gasteiger partial charge on any atom is -0.309 e. The van der Waals surface area contributed by atoms with Gasteiger partial charge in [-0.1, -0.05) is 43.3 Å². The molecule has 1 aromatic heterocycles. The maximum Gasteiger partial charge on any atom is 0.0960 e. The molecule has 0 fully saturated rings. The predicted molar refractivity (Wildman–Crippen MR) is 77.8 cm³/mol. The Morgan fingerprint density at radius 2 is 1.89 bits per heavy atom. The minimum absolute atomic E-state index is 0.378. The third-order valence-electron chi connectivity index (χ3n) is 2.69. The molecule has 1 heterocycles. The van der Waals surface area contributed by atoms with Crippen LogP contribution in [0.5, 0.6) is 0 Å². The van der Waals surface area contributed by atoms with Gasteiger partial charge in [0.2, 0.25) is 0 Å². The summed E-state index contributed by atoms with van der Waals surface area (Å²) < 4.78 is 0. The third kappa shape index (κ3) is 3.86. The summed E-state index contributed by atoms with van der Waals surface area (Å²) in [6.07, 6.45) is 1.84. The molecule has 0 aliphatic heterocycles. The Morgan fingerprint density at radius 1 is 1.11 bits per heavy atom. The van der Waals surface area contributed by atoms with E-state index in [2.05, 4.69) is 53.6 Å². The minimum atomic E-state index is 0.378. The van der Waals surface area contributed by atoms with Crippen molar-refractivity contribution in [3.05, 3.63) is 60.3 Å². The van der Waals surface area contributed by atoms with E-state index in [1.165, 1.54) is 5.56 Å². The van der Waals surface area contributed by atoms with Crippen LogP contribution in [0.1, 0.15) is 18.5 Å². The van der Waals surface area contributed by atoms with Gasteiger partial charge < -0.3 is 5.32 Å². The Bertz CT molecular complexity index is 445. The largest absolute Gasteiger partial charge is 0.309 e. The fourth-order valence-corrected chi connectivity index (χ4v) is 2.76. The first-order valence-electron chi connectivity index (χ1n) is 6.22. The van der Waals surface area contributed by atoms with E-state index in [0.717, 1.165) is 17.3 Å². The van der Waals surface area contributed by atoms with Crippen molar-refractivity contribution in [3.63, 3.8) is 0 Å². The summed E-state index contributed by atoms with van der Waals surface area (Å²) in [5.41, 5.74) is 1.34. The van der Waals surface area contributed by atoms with Gasteiger partial charge in [0.15, 0.2) is 0 Å². The second kappa shape index (κ2) is 7.19. The molecule has 2 aromatic rings. The summed E-state index contributed by atoms with van der Waals surface area (Å²) >= 11 is 1.79. The van der Waals surface area contributed by atoms with Crippen molar-refractivity contribution in [1.82, 2.24) is 10.3 Å². The highest BCUT2D eigenvalue weighted by molar-refractivity contribution is 7.99. The summed E-state index contributed by atoms with van der Waals surface area (Å²) in [5, 5.41) is 4.60. The number of nitrogens with zero attached hydrogens (tertiary/aromatic N) is 1. The maximum atomic E-state index is 4.34. The van der Waals surface area contributed by atoms with Crippen molar-refractivity contribution in [2.75, 3.05) is 12.3 Å². The van der Waals surface area contributed by atoms with Crippen molar-refractivity contribution < 1.29 is 0 Å². The Hall–Kier alpha value is -1.32. The summed E-state index contributed by atoms with van der Waals surface area (Å²) in [4.78, 5) is 4.34. The molecule has 0 saturated heterocycles. The monoisotopic (exact) mass is 258 g/mol. The van der Waals surface area contributed by atoms with E-state index in [0.29, 0.717) is 6.04 Å². The molecular weight excluding hydrogens is 240 g/mol. The molecule has 1 aromatic carbocycles. The van der Waals surface area contributed by atoms with Gasteiger partial charge in [0.1, 0.15) is 0 Å². The van der Waals surface area contributed by atoms with Gasteiger partial charge in [0, 0.05) is 18.0 Å². The zero-order valence-corrected chi connectivity index (χ0v) is 11.4. The van der Waals surface area contributed by atoms with Crippen LogP contribution in [0.3, 0.4) is 0 Å². The van der Waals surface area contributed by atoms with Gasteiger partial charge >= 0.3 is 0 Å². The fourth-order valence-electron chi connectivity index (χ4n) is 1.81. The first-order valence-corrected chi connectivity index (χ1v) is 7.21. The van der Waals surface area contributed by atoms with Crippen LogP contribution in [-0.2, 0) is 0 Å². The molecule has 94 valence electrons. The SMILES string of the molecule is CCNC(CSc1ccccn1)c1ccccc1. The van der Waals surface area contributed by atoms with Crippen molar-refractivity contribution in [1.29, 1.82) is 0 Å². The number of aromatic nitrogens is 1. The highest BCUT2D eigenvalue weighted by atomic mass is 32.2. The average molecular weight is 258 g/mol. The molecule has 3 heteroatoms. The van der Waals surface area contributed by atoms with Crippen LogP contribution in [0, 0.1) is 0 Å². The number of nitrogens with one attached hydrogen (secondary N) is 1. The van der Waals surface area contributed by atoms with Crippen LogP contribution >= 0.6 is 11.8 Å². The number of rotatable bonds is 6. The second-order valence-electron chi connectivity index (χ2n) is 4.00. The Labute approximate surface area is 113 Å². The van der Waals surface area contributed by atoms with Crippen molar-refractivity contribution >= 4 is 11.8 Å². The standard InChI is InChI=1S/C15H18N2S/c1-2-16-14(13-8-4-3-5-9-13)12-18-15-10-6-7-11-17-15/h3-11,14,16H,2,12H2,1H3. The number of pyridine rings is 1. The lowest BCUT2D eigenvalue weighted by Crippen LogP contribution is -2.22. The third-order valence-corrected chi connectivity index (χ3v) is 3.73. The number of hydrogen-bond donors (Lipinski definition) is 1. The molecule has 0 saturated carbocycles. The van der Waals surface area contributed by atoms with Gasteiger partial charge in [0.25, 0.3) is 0 Å². The van der Waals surface area contributed by atoms with E-state index in [4.69, 9.17) is 0 Å². The van der Waals surface area contributed by atoms with E-state index in [-0.39, 0.29) is 0 Å². The number of hydrogen-bond acceptors (Lipinski definition) is 3. The molecule has 1 N–H and O–H groups in total. The lowest BCUT2D eigenvalue weighted by molar-refractivity contribution is 0.606. The molecule has 0 aliphatic carbocycles. The Kier molecular flexibility index (Phi) is 5.24. The highest BCUT2D eigenvalue weighted by Gasteiger charge is 2.10. The van der Waals surface area contributed by atoms with Crippen molar-refractivity contribution in [2.24, 2.45) is 0 Å². The van der Waals surface area contributed by atoms with E-state index >= 15 is 0 Å². The second-order valence-corrected chi connectivity index (χ2v) is 5.04. The molecular formula is C15H18N2S. The molecule has 0 spiro atoms. The lowest BCUT2D eigenvalue weighted by atomic mass is 10.1. The smallest absolute Gasteiger partial charge is 0.0960 e. The summed E-state index contributed by atoms with van der Waals surface area (Å²) in [7, 11) is 0. The average Bonchev–Trinajstić information content (AvgIpc) is 2.45. The quantitative estimate of drug-likeness (QED) is 0.802. The van der Waals surface area contributed by atoms with Crippen molar-refractivity contribution in [3.8, 4) is 0 Å². The maximum absolute atomic E-state index is 4.34. The van der Waals surface area contributed by atoms with Crippen LogP contribution in [0.25, 0.3) is 0 Å². The molecule has 2 rings (SSSR count). The van der Waals surface area contributed by atoms with Gasteiger partial charge in [-0.3, -0.25) is 0 Å². The summed E-state index contributed by atoms with van der Waals surface area (Å²) in [5.74, 6) is 0.995. The highest BCUT2D eigenvalue weighted by Crippen LogP contribution is 2.22. The van der Waals surface area contributed by atoms with Gasteiger partial charge in [-0.2, -0.15) is 0 Å². The molecule has 0 radical (unpaired) electrons. The van der Waals surface area contributed by atoms with Gasteiger partial charge in [-0.05, 0) is 24.2 Å². The molecule has 0 amide bonds. The van der Waals surface area contributed by atoms with Gasteiger partial charge in [0.05, 0.1) is 5.03 Å². The van der Waals surface area contributed by atoms with Crippen LogP contribution in [0.15, 0.2) is 59.8 Å². The van der Waals surface area contributed by atoms with Crippen LogP contribution in [0.2, 0.25) is 0 Å². The zero-order chi connectivity index (χ0) is 12.6. The predicted octanol–water partition coefficient (Wildman–Crippen LogP) is 3.52. The Balaban J connectivity index is 1.99. The molecule has 1 unspecified atom stereocenters. The topological polar surface area (TPSA) is 24.9 Å². The summed E-state index contributed by atoms with van der Waals surface area (Å²) in [6.45, 7) is 3.11. The van der Waals surface area contributed by atoms with Gasteiger partial charge in [-0.25, -0.2) is 4.98 Å². The molecule has 0 aliphatic rings. The van der Waals surface area contributed by atoms with Crippen molar-refractivity contribution in [2.45, 2.75) is 18.0 Å². The van der Waals surface area contributed by atoms with Gasteiger partial charge in [-0.15, -0.1) is 11.8 Å². The van der Waals surface area contributed by atoms with Crippen LogP contribution in [0.4, 0.5) is 0 Å².